The summed E-state index contributed by atoms with van der Waals surface area (Å²) in [5.74, 6) is -2.20. The van der Waals surface area contributed by atoms with Crippen molar-refractivity contribution in [1.82, 2.24) is 5.32 Å². The maximum Gasteiger partial charge on any atom is 0.573 e. The topological polar surface area (TPSA) is 93.7 Å². The van der Waals surface area contributed by atoms with Crippen molar-refractivity contribution in [3.8, 4) is 16.2 Å². The summed E-state index contributed by atoms with van der Waals surface area (Å²) in [7, 11) is 0. The number of nitrogens with one attached hydrogen (secondary N) is 2. The molecular formula is C24H21F3N2O5S. The Morgan fingerprint density at radius 3 is 2.40 bits per heavy atom. The normalized spacial score (nSPS) is 11.0. The fourth-order valence-corrected chi connectivity index (χ4v) is 4.11. The smallest absolute Gasteiger partial charge is 0.462 e. The number of benzene rings is 2. The summed E-state index contributed by atoms with van der Waals surface area (Å²) in [5, 5.41) is 5.30. The highest BCUT2D eigenvalue weighted by molar-refractivity contribution is 7.20. The Labute approximate surface area is 202 Å². The molecule has 0 saturated heterocycles. The van der Waals surface area contributed by atoms with E-state index in [-0.39, 0.29) is 29.2 Å². The van der Waals surface area contributed by atoms with Gasteiger partial charge in [0.05, 0.1) is 25.1 Å². The van der Waals surface area contributed by atoms with Gasteiger partial charge in [0, 0.05) is 4.88 Å². The van der Waals surface area contributed by atoms with Crippen LogP contribution in [0.5, 0.6) is 5.75 Å². The molecule has 2 aromatic carbocycles. The third kappa shape index (κ3) is 7.85. The first kappa shape index (κ1) is 25.8. The lowest BCUT2D eigenvalue weighted by Crippen LogP contribution is -2.33. The number of hydrogen-bond donors (Lipinski definition) is 2. The minimum Gasteiger partial charge on any atom is -0.462 e. The summed E-state index contributed by atoms with van der Waals surface area (Å²) in [6, 6.07) is 15.9. The molecule has 1 aromatic heterocycles. The van der Waals surface area contributed by atoms with Crippen LogP contribution < -0.4 is 15.4 Å². The first-order chi connectivity index (χ1) is 16.6. The van der Waals surface area contributed by atoms with Gasteiger partial charge in [-0.05, 0) is 36.2 Å². The summed E-state index contributed by atoms with van der Waals surface area (Å²) in [6.45, 7) is 1.42. The van der Waals surface area contributed by atoms with Gasteiger partial charge >= 0.3 is 12.3 Å². The van der Waals surface area contributed by atoms with Gasteiger partial charge in [0.2, 0.25) is 11.8 Å². The molecule has 184 valence electrons. The van der Waals surface area contributed by atoms with Crippen molar-refractivity contribution in [3.63, 3.8) is 0 Å². The van der Waals surface area contributed by atoms with E-state index in [1.807, 2.05) is 30.3 Å². The number of anilines is 1. The molecule has 3 rings (SSSR count). The minimum absolute atomic E-state index is 0.161. The Morgan fingerprint density at radius 1 is 0.971 bits per heavy atom. The molecule has 0 spiro atoms. The van der Waals surface area contributed by atoms with E-state index in [0.717, 1.165) is 22.6 Å². The number of amides is 2. The molecule has 0 aliphatic carbocycles. The van der Waals surface area contributed by atoms with Crippen molar-refractivity contribution in [2.24, 2.45) is 0 Å². The van der Waals surface area contributed by atoms with Crippen LogP contribution in [0.2, 0.25) is 0 Å². The molecule has 0 unspecified atom stereocenters. The number of carbonyl (C=O) groups is 3. The monoisotopic (exact) mass is 506 g/mol. The number of esters is 1. The number of halogens is 3. The molecule has 2 N–H and O–H groups in total. The van der Waals surface area contributed by atoms with Gasteiger partial charge < -0.3 is 20.1 Å². The molecule has 7 nitrogen and oxygen atoms in total. The number of alkyl halides is 3. The summed E-state index contributed by atoms with van der Waals surface area (Å²) < 4.78 is 46.0. The van der Waals surface area contributed by atoms with Crippen LogP contribution in [0.1, 0.15) is 22.8 Å². The lowest BCUT2D eigenvalue weighted by Gasteiger charge is -2.10. The van der Waals surface area contributed by atoms with Crippen LogP contribution in [0.25, 0.3) is 10.4 Å². The van der Waals surface area contributed by atoms with Gasteiger partial charge in [-0.15, -0.1) is 24.5 Å². The second-order valence-electron chi connectivity index (χ2n) is 7.14. The molecule has 3 aromatic rings. The van der Waals surface area contributed by atoms with Crippen molar-refractivity contribution < 1.29 is 37.0 Å². The molecule has 0 atom stereocenters. The highest BCUT2D eigenvalue weighted by atomic mass is 32.1. The molecule has 0 bridgehead atoms. The molecule has 0 aliphatic heterocycles. The first-order valence-corrected chi connectivity index (χ1v) is 11.2. The Bertz CT molecular complexity index is 1200. The summed E-state index contributed by atoms with van der Waals surface area (Å²) in [6.07, 6.45) is -5.10. The molecule has 0 radical (unpaired) electrons. The summed E-state index contributed by atoms with van der Waals surface area (Å²) in [4.78, 5) is 37.7. The van der Waals surface area contributed by atoms with Crippen LogP contribution in [0.3, 0.4) is 0 Å². The summed E-state index contributed by atoms with van der Waals surface area (Å²) >= 11 is 1.19. The van der Waals surface area contributed by atoms with E-state index >= 15 is 0 Å². The Balaban J connectivity index is 1.62. The van der Waals surface area contributed by atoms with Gasteiger partial charge in [-0.2, -0.15) is 0 Å². The van der Waals surface area contributed by atoms with E-state index in [1.165, 1.54) is 23.5 Å². The molecule has 2 amide bonds. The molecule has 1 heterocycles. The number of ether oxygens (including phenoxy) is 2. The van der Waals surface area contributed by atoms with Gasteiger partial charge in [-0.1, -0.05) is 42.5 Å². The minimum atomic E-state index is -4.84. The maximum atomic E-state index is 12.4. The SMILES string of the molecule is CCOC(=O)c1cc(-c2ccccc2)sc1NC(=O)CNC(=O)Cc1cccc(OC(F)(F)F)c1. The summed E-state index contributed by atoms with van der Waals surface area (Å²) in [5.41, 5.74) is 1.32. The van der Waals surface area contributed by atoms with E-state index in [9.17, 15) is 27.6 Å². The van der Waals surface area contributed by atoms with Gasteiger partial charge in [-0.25, -0.2) is 4.79 Å². The fraction of sp³-hybridized carbons (Fsp3) is 0.208. The van der Waals surface area contributed by atoms with Gasteiger partial charge in [0.1, 0.15) is 10.8 Å². The van der Waals surface area contributed by atoms with E-state index in [1.54, 1.807) is 13.0 Å². The van der Waals surface area contributed by atoms with Gasteiger partial charge in [0.15, 0.2) is 0 Å². The van der Waals surface area contributed by atoms with Crippen molar-refractivity contribution in [2.75, 3.05) is 18.5 Å². The highest BCUT2D eigenvalue weighted by Gasteiger charge is 2.31. The lowest BCUT2D eigenvalue weighted by atomic mass is 10.1. The van der Waals surface area contributed by atoms with Crippen molar-refractivity contribution in [1.29, 1.82) is 0 Å². The van der Waals surface area contributed by atoms with Crippen molar-refractivity contribution in [3.05, 3.63) is 71.8 Å². The van der Waals surface area contributed by atoms with E-state index in [0.29, 0.717) is 0 Å². The molecule has 11 heteroatoms. The average molecular weight is 507 g/mol. The van der Waals surface area contributed by atoms with Gasteiger partial charge in [-0.3, -0.25) is 9.59 Å². The predicted molar refractivity (Wildman–Crippen MR) is 124 cm³/mol. The van der Waals surface area contributed by atoms with E-state index in [2.05, 4.69) is 15.4 Å². The van der Waals surface area contributed by atoms with Crippen LogP contribution in [-0.2, 0) is 20.7 Å². The van der Waals surface area contributed by atoms with Crippen LogP contribution >= 0.6 is 11.3 Å². The van der Waals surface area contributed by atoms with E-state index < -0.39 is 36.4 Å². The quantitative estimate of drug-likeness (QED) is 0.407. The van der Waals surface area contributed by atoms with Gasteiger partial charge in [0.25, 0.3) is 0 Å². The second-order valence-corrected chi connectivity index (χ2v) is 8.19. The molecule has 0 aliphatic rings. The number of hydrogen-bond acceptors (Lipinski definition) is 6. The lowest BCUT2D eigenvalue weighted by molar-refractivity contribution is -0.274. The maximum absolute atomic E-state index is 12.4. The highest BCUT2D eigenvalue weighted by Crippen LogP contribution is 2.36. The molecule has 35 heavy (non-hydrogen) atoms. The van der Waals surface area contributed by atoms with E-state index in [4.69, 9.17) is 4.74 Å². The molecule has 0 fully saturated rings. The zero-order valence-corrected chi connectivity index (χ0v) is 19.3. The Kier molecular flexibility index (Phi) is 8.48. The van der Waals surface area contributed by atoms with Crippen molar-refractivity contribution >= 4 is 34.1 Å². The third-order valence-corrected chi connectivity index (χ3v) is 5.58. The zero-order valence-electron chi connectivity index (χ0n) is 18.5. The number of rotatable bonds is 9. The number of thiophene rings is 1. The first-order valence-electron chi connectivity index (χ1n) is 10.4. The largest absolute Gasteiger partial charge is 0.573 e. The Morgan fingerprint density at radius 2 is 1.71 bits per heavy atom. The molecular weight excluding hydrogens is 485 g/mol. The second kappa shape index (κ2) is 11.5. The van der Waals surface area contributed by atoms with Crippen LogP contribution in [0.4, 0.5) is 18.2 Å². The fourth-order valence-electron chi connectivity index (χ4n) is 3.04. The third-order valence-electron chi connectivity index (χ3n) is 4.48. The molecule has 0 saturated carbocycles. The zero-order chi connectivity index (χ0) is 25.4. The van der Waals surface area contributed by atoms with Crippen molar-refractivity contribution in [2.45, 2.75) is 19.7 Å². The van der Waals surface area contributed by atoms with Crippen LogP contribution in [-0.4, -0.2) is 37.3 Å². The average Bonchev–Trinajstić information content (AvgIpc) is 3.21. The standard InChI is InChI=1S/C24H21F3N2O5S/c1-2-33-23(32)18-13-19(16-8-4-3-5-9-16)35-22(18)29-21(31)14-28-20(30)12-15-7-6-10-17(11-15)34-24(25,26)27/h3-11,13H,2,12,14H2,1H3,(H,28,30)(H,29,31). The van der Waals surface area contributed by atoms with Crippen LogP contribution in [0, 0.1) is 0 Å². The number of carbonyl (C=O) groups excluding carboxylic acids is 3. The Hall–Kier alpha value is -3.86. The predicted octanol–water partition coefficient (Wildman–Crippen LogP) is 4.79. The van der Waals surface area contributed by atoms with Crippen LogP contribution in [0.15, 0.2) is 60.7 Å².